The van der Waals surface area contributed by atoms with E-state index in [1.165, 1.54) is 6.33 Å². The molecule has 5 nitrogen and oxygen atoms in total. The molecular formula is C12H16N2O3. The number of rotatable bonds is 3. The van der Waals surface area contributed by atoms with Crippen LogP contribution >= 0.6 is 0 Å². The van der Waals surface area contributed by atoms with Crippen LogP contribution < -0.4 is 0 Å². The van der Waals surface area contributed by atoms with Gasteiger partial charge in [-0.3, -0.25) is 4.79 Å². The Balaban J connectivity index is 2.41. The zero-order valence-corrected chi connectivity index (χ0v) is 10.1. The lowest BCUT2D eigenvalue weighted by Gasteiger charge is -2.27. The molecule has 92 valence electrons. The van der Waals surface area contributed by atoms with Gasteiger partial charge in [-0.15, -0.1) is 0 Å². The lowest BCUT2D eigenvalue weighted by atomic mass is 9.82. The fraction of sp³-hybridized carbons (Fsp3) is 0.583. The van der Waals surface area contributed by atoms with E-state index in [9.17, 15) is 4.79 Å². The van der Waals surface area contributed by atoms with Crippen molar-refractivity contribution in [3.8, 4) is 0 Å². The van der Waals surface area contributed by atoms with Gasteiger partial charge in [0.25, 0.3) is 0 Å². The molecule has 1 aromatic heterocycles. The zero-order chi connectivity index (χ0) is 12.5. The number of carbonyl (C=O) groups is 1. The average Bonchev–Trinajstić information content (AvgIpc) is 2.26. The summed E-state index contributed by atoms with van der Waals surface area (Å²) in [5.41, 5.74) is 2.24. The first kappa shape index (κ1) is 12.0. The van der Waals surface area contributed by atoms with Gasteiger partial charge in [-0.25, -0.2) is 9.97 Å². The minimum absolute atomic E-state index is 0.0520. The Morgan fingerprint density at radius 3 is 3.00 bits per heavy atom. The van der Waals surface area contributed by atoms with E-state index < -0.39 is 11.4 Å². The van der Waals surface area contributed by atoms with Gasteiger partial charge in [0.15, 0.2) is 0 Å². The lowest BCUT2D eigenvalue weighted by molar-refractivity contribution is -0.138. The number of nitrogens with zero attached hydrogens (tertiary/aromatic N) is 2. The second kappa shape index (κ2) is 4.41. The number of hydrogen-bond acceptors (Lipinski definition) is 4. The number of fused-ring (bicyclic) bond motifs is 1. The summed E-state index contributed by atoms with van der Waals surface area (Å²) in [4.78, 5) is 19.4. The highest BCUT2D eigenvalue weighted by atomic mass is 16.5. The molecule has 0 unspecified atom stereocenters. The third kappa shape index (κ3) is 2.44. The summed E-state index contributed by atoms with van der Waals surface area (Å²) in [5, 5.41) is 8.94. The monoisotopic (exact) mass is 236 g/mol. The van der Waals surface area contributed by atoms with Gasteiger partial charge >= 0.3 is 5.97 Å². The van der Waals surface area contributed by atoms with Crippen molar-refractivity contribution < 1.29 is 14.6 Å². The normalized spacial score (nSPS) is 15.4. The third-order valence-corrected chi connectivity index (χ3v) is 3.00. The highest BCUT2D eigenvalue weighted by Gasteiger charge is 2.30. The Labute approximate surface area is 99.9 Å². The van der Waals surface area contributed by atoms with Crippen molar-refractivity contribution in [1.29, 1.82) is 0 Å². The van der Waals surface area contributed by atoms with Crippen LogP contribution in [0, 0.1) is 0 Å². The second-order valence-corrected chi connectivity index (χ2v) is 4.90. The summed E-state index contributed by atoms with van der Waals surface area (Å²) in [5.74, 6) is -0.820. The molecule has 0 saturated heterocycles. The summed E-state index contributed by atoms with van der Waals surface area (Å²) in [6.07, 6.45) is 2.34. The second-order valence-electron chi connectivity index (χ2n) is 4.90. The highest BCUT2D eigenvalue weighted by molar-refractivity contribution is 5.68. The molecule has 1 aliphatic rings. The Kier molecular flexibility index (Phi) is 3.11. The maximum Gasteiger partial charge on any atom is 0.304 e. The first-order valence-corrected chi connectivity index (χ1v) is 5.63. The largest absolute Gasteiger partial charge is 0.481 e. The Bertz CT molecular complexity index is 443. The summed E-state index contributed by atoms with van der Waals surface area (Å²) < 4.78 is 5.41. The van der Waals surface area contributed by atoms with E-state index in [0.29, 0.717) is 13.2 Å². The quantitative estimate of drug-likeness (QED) is 0.856. The van der Waals surface area contributed by atoms with Crippen LogP contribution in [0.3, 0.4) is 0 Å². The van der Waals surface area contributed by atoms with Gasteiger partial charge in [-0.05, 0) is 0 Å². The van der Waals surface area contributed by atoms with Crippen LogP contribution in [0.1, 0.15) is 37.2 Å². The number of aliphatic carboxylic acids is 1. The van der Waals surface area contributed by atoms with Crippen molar-refractivity contribution in [2.24, 2.45) is 0 Å². The summed E-state index contributed by atoms with van der Waals surface area (Å²) in [6.45, 7) is 4.92. The molecule has 1 aliphatic heterocycles. The smallest absolute Gasteiger partial charge is 0.304 e. The standard InChI is InChI=1S/C12H16N2O3/c1-12(2,5-10(15)16)11-8-6-17-4-3-9(8)13-7-14-11/h7H,3-6H2,1-2H3,(H,15,16). The van der Waals surface area contributed by atoms with Crippen LogP contribution in [0.4, 0.5) is 0 Å². The Morgan fingerprint density at radius 1 is 1.53 bits per heavy atom. The minimum atomic E-state index is -0.820. The van der Waals surface area contributed by atoms with Crippen LogP contribution in [-0.4, -0.2) is 27.7 Å². The number of hydrogen-bond donors (Lipinski definition) is 1. The van der Waals surface area contributed by atoms with Gasteiger partial charge < -0.3 is 9.84 Å². The molecular weight excluding hydrogens is 220 g/mol. The van der Waals surface area contributed by atoms with Gasteiger partial charge in [0, 0.05) is 17.4 Å². The third-order valence-electron chi connectivity index (χ3n) is 3.00. The van der Waals surface area contributed by atoms with Crippen LogP contribution in [-0.2, 0) is 28.0 Å². The molecule has 5 heteroatoms. The molecule has 0 aliphatic carbocycles. The molecule has 0 radical (unpaired) electrons. The molecule has 0 fully saturated rings. The van der Waals surface area contributed by atoms with Crippen LogP contribution in [0.5, 0.6) is 0 Å². The van der Waals surface area contributed by atoms with Gasteiger partial charge in [-0.2, -0.15) is 0 Å². The molecule has 1 N–H and O–H groups in total. The average molecular weight is 236 g/mol. The predicted molar refractivity (Wildman–Crippen MR) is 60.7 cm³/mol. The van der Waals surface area contributed by atoms with Crippen LogP contribution in [0.15, 0.2) is 6.33 Å². The first-order chi connectivity index (χ1) is 8.00. The van der Waals surface area contributed by atoms with E-state index in [1.807, 2.05) is 13.8 Å². The number of ether oxygens (including phenoxy) is 1. The van der Waals surface area contributed by atoms with Crippen molar-refractivity contribution in [2.45, 2.75) is 38.7 Å². The Hall–Kier alpha value is -1.49. The van der Waals surface area contributed by atoms with E-state index in [-0.39, 0.29) is 6.42 Å². The van der Waals surface area contributed by atoms with E-state index in [1.54, 1.807) is 0 Å². The molecule has 17 heavy (non-hydrogen) atoms. The van der Waals surface area contributed by atoms with Crippen molar-refractivity contribution >= 4 is 5.97 Å². The zero-order valence-electron chi connectivity index (χ0n) is 10.1. The molecule has 0 amide bonds. The molecule has 2 rings (SSSR count). The summed E-state index contributed by atoms with van der Waals surface area (Å²) in [6, 6.07) is 0. The molecule has 0 aromatic carbocycles. The minimum Gasteiger partial charge on any atom is -0.481 e. The van der Waals surface area contributed by atoms with E-state index in [2.05, 4.69) is 9.97 Å². The van der Waals surface area contributed by atoms with Crippen molar-refractivity contribution in [1.82, 2.24) is 9.97 Å². The lowest BCUT2D eigenvalue weighted by Crippen LogP contribution is -2.27. The summed E-state index contributed by atoms with van der Waals surface area (Å²) in [7, 11) is 0. The molecule has 0 saturated carbocycles. The van der Waals surface area contributed by atoms with E-state index >= 15 is 0 Å². The SMILES string of the molecule is CC(C)(CC(=O)O)c1ncnc2c1COCC2. The van der Waals surface area contributed by atoms with E-state index in [0.717, 1.165) is 23.4 Å². The van der Waals surface area contributed by atoms with Crippen molar-refractivity contribution in [3.63, 3.8) is 0 Å². The molecule has 2 heterocycles. The number of aromatic nitrogens is 2. The fourth-order valence-electron chi connectivity index (χ4n) is 2.20. The topological polar surface area (TPSA) is 72.3 Å². The molecule has 0 bridgehead atoms. The summed E-state index contributed by atoms with van der Waals surface area (Å²) >= 11 is 0. The molecule has 0 spiro atoms. The molecule has 0 atom stereocenters. The van der Waals surface area contributed by atoms with Crippen LogP contribution in [0.25, 0.3) is 0 Å². The van der Waals surface area contributed by atoms with Gasteiger partial charge in [-0.1, -0.05) is 13.8 Å². The number of carboxylic acids is 1. The van der Waals surface area contributed by atoms with Crippen molar-refractivity contribution in [2.75, 3.05) is 6.61 Å². The first-order valence-electron chi connectivity index (χ1n) is 5.63. The maximum atomic E-state index is 10.9. The van der Waals surface area contributed by atoms with Crippen LogP contribution in [0.2, 0.25) is 0 Å². The van der Waals surface area contributed by atoms with E-state index in [4.69, 9.17) is 9.84 Å². The van der Waals surface area contributed by atoms with Gasteiger partial charge in [0.1, 0.15) is 6.33 Å². The predicted octanol–water partition coefficient (Wildman–Crippen LogP) is 1.30. The number of carboxylic acid groups (broad SMARTS) is 1. The fourth-order valence-corrected chi connectivity index (χ4v) is 2.20. The maximum absolute atomic E-state index is 10.9. The van der Waals surface area contributed by atoms with Gasteiger partial charge in [0.2, 0.25) is 0 Å². The Morgan fingerprint density at radius 2 is 2.29 bits per heavy atom. The molecule has 1 aromatic rings. The highest BCUT2D eigenvalue weighted by Crippen LogP contribution is 2.30. The van der Waals surface area contributed by atoms with Gasteiger partial charge in [0.05, 0.1) is 31.0 Å². The van der Waals surface area contributed by atoms with Crippen molar-refractivity contribution in [3.05, 3.63) is 23.3 Å².